The average molecular weight is 291 g/mol. The van der Waals surface area contributed by atoms with E-state index in [1.54, 1.807) is 36.0 Å². The van der Waals surface area contributed by atoms with E-state index in [2.05, 4.69) is 29.5 Å². The highest BCUT2D eigenvalue weighted by atomic mass is 32.2. The number of benzene rings is 1. The number of nitrogens with one attached hydrogen (secondary N) is 1. The van der Waals surface area contributed by atoms with Gasteiger partial charge in [-0.1, -0.05) is 6.07 Å². The van der Waals surface area contributed by atoms with E-state index in [1.807, 2.05) is 14.0 Å². The summed E-state index contributed by atoms with van der Waals surface area (Å²) in [5.74, 6) is 0.924. The molecule has 0 aromatic heterocycles. The number of nitriles is 1. The number of hydrogen-bond donors (Lipinski definition) is 1. The summed E-state index contributed by atoms with van der Waals surface area (Å²) in [7, 11) is 1.96. The van der Waals surface area contributed by atoms with Gasteiger partial charge in [0.05, 0.1) is 17.7 Å². The molecule has 1 rings (SSSR count). The van der Waals surface area contributed by atoms with Crippen LogP contribution in [0.5, 0.6) is 0 Å². The molecule has 2 atom stereocenters. The van der Waals surface area contributed by atoms with Gasteiger partial charge in [0.25, 0.3) is 0 Å². The highest BCUT2D eigenvalue weighted by molar-refractivity contribution is 7.98. The molecule has 1 aromatic rings. The third kappa shape index (κ3) is 4.55. The Morgan fingerprint density at radius 3 is 2.80 bits per heavy atom. The topological polar surface area (TPSA) is 56.1 Å². The van der Waals surface area contributed by atoms with Crippen molar-refractivity contribution in [3.8, 4) is 6.07 Å². The van der Waals surface area contributed by atoms with Crippen LogP contribution in [0.4, 0.5) is 5.69 Å². The largest absolute Gasteiger partial charge is 0.325 e. The number of amides is 1. The molecular weight excluding hydrogens is 270 g/mol. The van der Waals surface area contributed by atoms with E-state index in [0.717, 1.165) is 5.75 Å². The van der Waals surface area contributed by atoms with Gasteiger partial charge in [-0.2, -0.15) is 17.0 Å². The molecule has 2 unspecified atom stereocenters. The quantitative estimate of drug-likeness (QED) is 0.875. The van der Waals surface area contributed by atoms with Gasteiger partial charge < -0.3 is 5.32 Å². The predicted molar refractivity (Wildman–Crippen MR) is 84.9 cm³/mol. The average Bonchev–Trinajstić information content (AvgIpc) is 2.46. The monoisotopic (exact) mass is 291 g/mol. The molecule has 0 heterocycles. The molecule has 0 aliphatic rings. The van der Waals surface area contributed by atoms with Crippen LogP contribution in [0.25, 0.3) is 0 Å². The second-order valence-corrected chi connectivity index (χ2v) is 5.74. The number of rotatable bonds is 6. The summed E-state index contributed by atoms with van der Waals surface area (Å²) in [6.07, 6.45) is 2.06. The third-order valence-corrected chi connectivity index (χ3v) is 4.17. The van der Waals surface area contributed by atoms with Crippen LogP contribution in [-0.2, 0) is 4.79 Å². The van der Waals surface area contributed by atoms with Crippen molar-refractivity contribution < 1.29 is 4.79 Å². The number of likely N-dealkylation sites (N-methyl/N-ethyl adjacent to an activating group) is 1. The van der Waals surface area contributed by atoms with Crippen molar-refractivity contribution in [1.29, 1.82) is 5.26 Å². The Balaban J connectivity index is 2.68. The Labute approximate surface area is 125 Å². The lowest BCUT2D eigenvalue weighted by Crippen LogP contribution is -2.45. The van der Waals surface area contributed by atoms with E-state index in [9.17, 15) is 4.79 Å². The second-order valence-electron chi connectivity index (χ2n) is 4.83. The fraction of sp³-hybridized carbons (Fsp3) is 0.467. The van der Waals surface area contributed by atoms with Crippen LogP contribution in [0.2, 0.25) is 0 Å². The molecule has 5 heteroatoms. The van der Waals surface area contributed by atoms with Crippen molar-refractivity contribution in [2.75, 3.05) is 24.4 Å². The summed E-state index contributed by atoms with van der Waals surface area (Å²) >= 11 is 1.77. The molecule has 0 spiro atoms. The lowest BCUT2D eigenvalue weighted by molar-refractivity contribution is -0.120. The zero-order chi connectivity index (χ0) is 15.1. The van der Waals surface area contributed by atoms with Gasteiger partial charge in [-0.15, -0.1) is 0 Å². The first kappa shape index (κ1) is 16.5. The predicted octanol–water partition coefficient (Wildman–Crippen LogP) is 2.57. The highest BCUT2D eigenvalue weighted by Gasteiger charge is 2.22. The summed E-state index contributed by atoms with van der Waals surface area (Å²) in [5, 5.41) is 11.7. The lowest BCUT2D eigenvalue weighted by Gasteiger charge is -2.29. The van der Waals surface area contributed by atoms with Gasteiger partial charge >= 0.3 is 0 Å². The molecule has 1 aromatic carbocycles. The first-order valence-corrected chi connectivity index (χ1v) is 7.91. The molecule has 0 fully saturated rings. The van der Waals surface area contributed by atoms with Crippen LogP contribution >= 0.6 is 11.8 Å². The SMILES string of the molecule is CSCC(C)N(C)C(C)C(=O)Nc1cccc(C#N)c1. The smallest absolute Gasteiger partial charge is 0.241 e. The third-order valence-electron chi connectivity index (χ3n) is 3.35. The summed E-state index contributed by atoms with van der Waals surface area (Å²) in [6.45, 7) is 4.00. The van der Waals surface area contributed by atoms with Gasteiger partial charge in [-0.25, -0.2) is 0 Å². The number of thioether (sulfide) groups is 1. The minimum Gasteiger partial charge on any atom is -0.325 e. The Morgan fingerprint density at radius 1 is 1.50 bits per heavy atom. The molecule has 108 valence electrons. The van der Waals surface area contributed by atoms with Crippen LogP contribution in [-0.4, -0.2) is 41.9 Å². The number of carbonyl (C=O) groups excluding carboxylic acids is 1. The minimum atomic E-state index is -0.220. The normalized spacial score (nSPS) is 13.6. The molecule has 1 amide bonds. The molecule has 0 bridgehead atoms. The van der Waals surface area contributed by atoms with Crippen LogP contribution in [0.15, 0.2) is 24.3 Å². The molecule has 0 saturated carbocycles. The van der Waals surface area contributed by atoms with Crippen molar-refractivity contribution in [1.82, 2.24) is 4.90 Å². The van der Waals surface area contributed by atoms with Crippen molar-refractivity contribution in [2.24, 2.45) is 0 Å². The number of carbonyl (C=O) groups is 1. The Morgan fingerprint density at radius 2 is 2.20 bits per heavy atom. The molecule has 20 heavy (non-hydrogen) atoms. The van der Waals surface area contributed by atoms with Gasteiger partial charge in [0, 0.05) is 17.5 Å². The fourth-order valence-corrected chi connectivity index (χ4v) is 2.56. The molecule has 1 N–H and O–H groups in total. The van der Waals surface area contributed by atoms with E-state index in [4.69, 9.17) is 5.26 Å². The summed E-state index contributed by atoms with van der Waals surface area (Å²) < 4.78 is 0. The zero-order valence-corrected chi connectivity index (χ0v) is 13.2. The first-order valence-electron chi connectivity index (χ1n) is 6.51. The van der Waals surface area contributed by atoms with E-state index >= 15 is 0 Å². The maximum atomic E-state index is 12.2. The Bertz CT molecular complexity index is 498. The molecule has 0 aliphatic heterocycles. The molecular formula is C15H21N3OS. The number of anilines is 1. The standard InChI is InChI=1S/C15H21N3OS/c1-11(10-20-4)18(3)12(2)15(19)17-14-7-5-6-13(8-14)9-16/h5-8,11-12H,10H2,1-4H3,(H,17,19). The number of hydrogen-bond acceptors (Lipinski definition) is 4. The van der Waals surface area contributed by atoms with Crippen molar-refractivity contribution in [3.05, 3.63) is 29.8 Å². The van der Waals surface area contributed by atoms with Crippen LogP contribution in [0.3, 0.4) is 0 Å². The number of nitrogens with zero attached hydrogens (tertiary/aromatic N) is 2. The Hall–Kier alpha value is -1.51. The fourth-order valence-electron chi connectivity index (χ4n) is 1.84. The van der Waals surface area contributed by atoms with E-state index in [0.29, 0.717) is 17.3 Å². The van der Waals surface area contributed by atoms with Crippen molar-refractivity contribution in [2.45, 2.75) is 25.9 Å². The van der Waals surface area contributed by atoms with Crippen molar-refractivity contribution in [3.63, 3.8) is 0 Å². The minimum absolute atomic E-state index is 0.0597. The van der Waals surface area contributed by atoms with Gasteiger partial charge in [0.1, 0.15) is 0 Å². The molecule has 4 nitrogen and oxygen atoms in total. The maximum absolute atomic E-state index is 12.2. The van der Waals surface area contributed by atoms with E-state index in [-0.39, 0.29) is 11.9 Å². The van der Waals surface area contributed by atoms with Crippen LogP contribution < -0.4 is 5.32 Å². The van der Waals surface area contributed by atoms with Crippen molar-refractivity contribution >= 4 is 23.4 Å². The first-order chi connectivity index (χ1) is 9.49. The lowest BCUT2D eigenvalue weighted by atomic mass is 10.2. The van der Waals surface area contributed by atoms with Gasteiger partial charge in [-0.3, -0.25) is 9.69 Å². The zero-order valence-electron chi connectivity index (χ0n) is 12.4. The molecule has 0 radical (unpaired) electrons. The van der Waals surface area contributed by atoms with Gasteiger partial charge in [-0.05, 0) is 45.4 Å². The van der Waals surface area contributed by atoms with Gasteiger partial charge in [0.15, 0.2) is 0 Å². The summed E-state index contributed by atoms with van der Waals surface area (Å²) in [6, 6.07) is 9.12. The molecule has 0 saturated heterocycles. The second kappa shape index (κ2) is 7.93. The van der Waals surface area contributed by atoms with Crippen LogP contribution in [0.1, 0.15) is 19.4 Å². The highest BCUT2D eigenvalue weighted by Crippen LogP contribution is 2.13. The molecule has 0 aliphatic carbocycles. The summed E-state index contributed by atoms with van der Waals surface area (Å²) in [5.41, 5.74) is 1.20. The Kier molecular flexibility index (Phi) is 6.56. The van der Waals surface area contributed by atoms with Gasteiger partial charge in [0.2, 0.25) is 5.91 Å². The van der Waals surface area contributed by atoms with E-state index in [1.165, 1.54) is 0 Å². The summed E-state index contributed by atoms with van der Waals surface area (Å²) in [4.78, 5) is 14.3. The van der Waals surface area contributed by atoms with E-state index < -0.39 is 0 Å². The van der Waals surface area contributed by atoms with Crippen LogP contribution in [0, 0.1) is 11.3 Å². The maximum Gasteiger partial charge on any atom is 0.241 e.